The minimum atomic E-state index is -2.19. The van der Waals surface area contributed by atoms with E-state index in [0.717, 1.165) is 0 Å². The van der Waals surface area contributed by atoms with Crippen LogP contribution in [0.5, 0.6) is 0 Å². The molecule has 8 heteroatoms. The van der Waals surface area contributed by atoms with Crippen LogP contribution < -0.4 is 0 Å². The van der Waals surface area contributed by atoms with Crippen LogP contribution in [0.15, 0.2) is 0 Å². The summed E-state index contributed by atoms with van der Waals surface area (Å²) in [4.78, 5) is 21.0. The first-order valence-corrected chi connectivity index (χ1v) is 3.47. The van der Waals surface area contributed by atoms with Crippen molar-refractivity contribution in [3.05, 3.63) is 0 Å². The molecule has 0 radical (unpaired) electrons. The summed E-state index contributed by atoms with van der Waals surface area (Å²) in [5, 5.41) is 40.7. The van der Waals surface area contributed by atoms with Crippen molar-refractivity contribution in [3.63, 3.8) is 0 Å². The van der Waals surface area contributed by atoms with Crippen molar-refractivity contribution >= 4 is 17.8 Å². The molecule has 0 aliphatic heterocycles. The minimum absolute atomic E-state index is 0.523. The summed E-state index contributed by atoms with van der Waals surface area (Å²) < 4.78 is 0. The number of aliphatic hydroxyl groups is 2. The van der Waals surface area contributed by atoms with E-state index in [-0.39, 0.29) is 0 Å². The van der Waals surface area contributed by atoms with Crippen molar-refractivity contribution in [3.8, 4) is 0 Å². The number of carboxylic acids is 2. The number of amidine groups is 1. The van der Waals surface area contributed by atoms with Crippen LogP contribution in [0.25, 0.3) is 0 Å². The molecule has 0 spiro atoms. The topological polar surface area (TPSA) is 142 Å². The van der Waals surface area contributed by atoms with Crippen LogP contribution in [0.1, 0.15) is 0 Å². The van der Waals surface area contributed by atoms with Gasteiger partial charge in [-0.05, 0) is 0 Å². The van der Waals surface area contributed by atoms with Gasteiger partial charge in [0.25, 0.3) is 0 Å². The average Bonchev–Trinajstić information content (AvgIpc) is 1.99. The zero-order valence-electron chi connectivity index (χ0n) is 7.04. The quantitative estimate of drug-likeness (QED) is 0.194. The standard InChI is InChI=1S/C6H10N2O6/c7-5(6(13)14)8(1-3(9)10)2-4(11)12/h6-7,13-14H,1-2H2,(H,9,10)(H,11,12). The van der Waals surface area contributed by atoms with E-state index in [9.17, 15) is 9.59 Å². The molecule has 0 aromatic heterocycles. The number of rotatable bonds is 5. The number of carboxylic acid groups (broad SMARTS) is 2. The smallest absolute Gasteiger partial charge is 0.323 e. The van der Waals surface area contributed by atoms with E-state index in [1.54, 1.807) is 0 Å². The maximum absolute atomic E-state index is 10.2. The zero-order chi connectivity index (χ0) is 11.3. The maximum atomic E-state index is 10.2. The fourth-order valence-electron chi connectivity index (χ4n) is 0.716. The average molecular weight is 206 g/mol. The van der Waals surface area contributed by atoms with Crippen molar-refractivity contribution < 1.29 is 30.0 Å². The van der Waals surface area contributed by atoms with Crippen LogP contribution in [0.2, 0.25) is 0 Å². The summed E-state index contributed by atoms with van der Waals surface area (Å²) in [5.41, 5.74) is 0. The van der Waals surface area contributed by atoms with Gasteiger partial charge in [0.15, 0.2) is 5.84 Å². The van der Waals surface area contributed by atoms with Crippen LogP contribution in [0.4, 0.5) is 0 Å². The lowest BCUT2D eigenvalue weighted by atomic mass is 10.4. The molecule has 0 bridgehead atoms. The number of aliphatic hydroxyl groups excluding tert-OH is 1. The van der Waals surface area contributed by atoms with Gasteiger partial charge in [-0.1, -0.05) is 0 Å². The summed E-state index contributed by atoms with van der Waals surface area (Å²) in [6.07, 6.45) is -2.19. The second-order valence-corrected chi connectivity index (χ2v) is 2.40. The third kappa shape index (κ3) is 4.38. The Kier molecular flexibility index (Phi) is 4.53. The molecule has 0 rings (SSSR count). The Morgan fingerprint density at radius 3 is 1.71 bits per heavy atom. The summed E-state index contributed by atoms with van der Waals surface area (Å²) in [6, 6.07) is 0. The van der Waals surface area contributed by atoms with E-state index in [4.69, 9.17) is 25.8 Å². The molecular weight excluding hydrogens is 196 g/mol. The van der Waals surface area contributed by atoms with Crippen LogP contribution in [0, 0.1) is 5.41 Å². The first-order chi connectivity index (χ1) is 6.34. The van der Waals surface area contributed by atoms with Crippen molar-refractivity contribution in [2.75, 3.05) is 13.1 Å². The van der Waals surface area contributed by atoms with Gasteiger partial charge in [0, 0.05) is 0 Å². The lowest BCUT2D eigenvalue weighted by Gasteiger charge is -2.21. The molecule has 0 atom stereocenters. The lowest BCUT2D eigenvalue weighted by Crippen LogP contribution is -2.44. The van der Waals surface area contributed by atoms with Crippen LogP contribution in [0.3, 0.4) is 0 Å². The number of nitrogens with zero attached hydrogens (tertiary/aromatic N) is 1. The van der Waals surface area contributed by atoms with Gasteiger partial charge in [0.1, 0.15) is 13.1 Å². The second-order valence-electron chi connectivity index (χ2n) is 2.40. The van der Waals surface area contributed by atoms with Crippen molar-refractivity contribution in [1.82, 2.24) is 4.90 Å². The van der Waals surface area contributed by atoms with Crippen LogP contribution >= 0.6 is 0 Å². The number of aliphatic carboxylic acids is 2. The first-order valence-electron chi connectivity index (χ1n) is 3.47. The van der Waals surface area contributed by atoms with Crippen molar-refractivity contribution in [2.45, 2.75) is 6.29 Å². The Morgan fingerprint density at radius 1 is 1.14 bits per heavy atom. The molecule has 0 aliphatic carbocycles. The van der Waals surface area contributed by atoms with E-state index in [1.807, 2.05) is 0 Å². The SMILES string of the molecule is N=C(C(O)O)N(CC(=O)O)CC(=O)O. The Bertz CT molecular complexity index is 235. The summed E-state index contributed by atoms with van der Waals surface area (Å²) >= 11 is 0. The Morgan fingerprint density at radius 2 is 1.50 bits per heavy atom. The maximum Gasteiger partial charge on any atom is 0.323 e. The highest BCUT2D eigenvalue weighted by Crippen LogP contribution is 1.94. The summed E-state index contributed by atoms with van der Waals surface area (Å²) in [5.74, 6) is -3.59. The van der Waals surface area contributed by atoms with E-state index >= 15 is 0 Å². The van der Waals surface area contributed by atoms with Gasteiger partial charge in [-0.25, -0.2) is 0 Å². The normalized spacial score (nSPS) is 9.93. The first kappa shape index (κ1) is 12.3. The van der Waals surface area contributed by atoms with Gasteiger partial charge in [-0.3, -0.25) is 15.0 Å². The van der Waals surface area contributed by atoms with Gasteiger partial charge in [0.05, 0.1) is 0 Å². The van der Waals surface area contributed by atoms with E-state index in [0.29, 0.717) is 4.90 Å². The third-order valence-electron chi connectivity index (χ3n) is 1.24. The molecular formula is C6H10N2O6. The molecule has 0 heterocycles. The molecule has 0 aromatic rings. The predicted molar refractivity (Wildman–Crippen MR) is 42.8 cm³/mol. The fraction of sp³-hybridized carbons (Fsp3) is 0.500. The molecule has 0 aliphatic rings. The predicted octanol–water partition coefficient (Wildman–Crippen LogP) is -2.25. The number of hydrogen-bond acceptors (Lipinski definition) is 5. The largest absolute Gasteiger partial charge is 0.480 e. The molecule has 0 saturated carbocycles. The van der Waals surface area contributed by atoms with Crippen molar-refractivity contribution in [1.29, 1.82) is 5.41 Å². The number of carbonyl (C=O) groups is 2. The summed E-state index contributed by atoms with van der Waals surface area (Å²) in [7, 11) is 0. The van der Waals surface area contributed by atoms with Gasteiger partial charge in [-0.2, -0.15) is 0 Å². The molecule has 0 saturated heterocycles. The van der Waals surface area contributed by atoms with Gasteiger partial charge in [-0.15, -0.1) is 0 Å². The fourth-order valence-corrected chi connectivity index (χ4v) is 0.716. The van der Waals surface area contributed by atoms with E-state index < -0.39 is 37.2 Å². The molecule has 5 N–H and O–H groups in total. The molecule has 0 fully saturated rings. The Hall–Kier alpha value is -1.67. The van der Waals surface area contributed by atoms with Crippen LogP contribution in [-0.4, -0.2) is 62.5 Å². The number of hydrogen-bond donors (Lipinski definition) is 5. The highest BCUT2D eigenvalue weighted by Gasteiger charge is 2.20. The zero-order valence-corrected chi connectivity index (χ0v) is 7.04. The molecule has 0 amide bonds. The molecule has 80 valence electrons. The minimum Gasteiger partial charge on any atom is -0.480 e. The van der Waals surface area contributed by atoms with Gasteiger partial charge < -0.3 is 25.3 Å². The second kappa shape index (κ2) is 5.14. The molecule has 0 unspecified atom stereocenters. The van der Waals surface area contributed by atoms with Crippen molar-refractivity contribution in [2.24, 2.45) is 0 Å². The highest BCUT2D eigenvalue weighted by molar-refractivity contribution is 5.88. The Balaban J connectivity index is 4.46. The van der Waals surface area contributed by atoms with Gasteiger partial charge >= 0.3 is 11.9 Å². The third-order valence-corrected chi connectivity index (χ3v) is 1.24. The van der Waals surface area contributed by atoms with Gasteiger partial charge in [0.2, 0.25) is 6.29 Å². The number of nitrogens with one attached hydrogen (secondary N) is 1. The lowest BCUT2D eigenvalue weighted by molar-refractivity contribution is -0.140. The molecule has 8 nitrogen and oxygen atoms in total. The summed E-state index contributed by atoms with van der Waals surface area (Å²) in [6.45, 7) is -1.55. The molecule has 14 heavy (non-hydrogen) atoms. The van der Waals surface area contributed by atoms with Crippen LogP contribution in [-0.2, 0) is 9.59 Å². The van der Waals surface area contributed by atoms with E-state index in [1.165, 1.54) is 0 Å². The highest BCUT2D eigenvalue weighted by atomic mass is 16.5. The monoisotopic (exact) mass is 206 g/mol. The Labute approximate surface area is 78.5 Å². The molecule has 0 aromatic carbocycles. The van der Waals surface area contributed by atoms with E-state index in [2.05, 4.69) is 0 Å².